The highest BCUT2D eigenvalue weighted by Crippen LogP contribution is 2.38. The third-order valence-corrected chi connectivity index (χ3v) is 8.31. The molecule has 1 aliphatic heterocycles. The molecule has 0 amide bonds. The first-order chi connectivity index (χ1) is 15.9. The third kappa shape index (κ3) is 4.54. The Morgan fingerprint density at radius 2 is 2.09 bits per heavy atom. The molecule has 1 aliphatic rings. The van der Waals surface area contributed by atoms with E-state index in [2.05, 4.69) is 10.6 Å². The van der Waals surface area contributed by atoms with Gasteiger partial charge in [0.15, 0.2) is 6.54 Å². The Labute approximate surface area is 199 Å². The molecule has 0 unspecified atom stereocenters. The van der Waals surface area contributed by atoms with Crippen LogP contribution in [0.25, 0.3) is 32.5 Å². The van der Waals surface area contributed by atoms with Gasteiger partial charge in [-0.2, -0.15) is 13.0 Å². The van der Waals surface area contributed by atoms with Crippen LogP contribution in [-0.4, -0.2) is 32.4 Å². The van der Waals surface area contributed by atoms with Crippen molar-refractivity contribution in [1.29, 1.82) is 0 Å². The number of nitrogens with zero attached hydrogens (tertiary/aromatic N) is 1. The summed E-state index contributed by atoms with van der Waals surface area (Å²) in [4.78, 5) is 0. The van der Waals surface area contributed by atoms with Crippen molar-refractivity contribution in [2.45, 2.75) is 13.0 Å². The topological polar surface area (TPSA) is 76.7 Å². The van der Waals surface area contributed by atoms with Crippen LogP contribution in [0.5, 0.6) is 11.5 Å². The highest BCUT2D eigenvalue weighted by atomic mass is 32.2. The average molecular weight is 501 g/mol. The highest BCUT2D eigenvalue weighted by molar-refractivity contribution is 7.85. The Bertz CT molecular complexity index is 1510. The van der Waals surface area contributed by atoms with Gasteiger partial charge < -0.3 is 9.47 Å². The van der Waals surface area contributed by atoms with Crippen LogP contribution in [-0.2, 0) is 16.7 Å². The molecular weight excluding hydrogens is 478 g/mol. The zero-order valence-corrected chi connectivity index (χ0v) is 20.3. The van der Waals surface area contributed by atoms with Crippen molar-refractivity contribution in [3.8, 4) is 11.5 Å². The van der Waals surface area contributed by atoms with Crippen molar-refractivity contribution in [2.75, 3.05) is 19.5 Å². The molecule has 0 fully saturated rings. The van der Waals surface area contributed by atoms with Crippen LogP contribution in [0.1, 0.15) is 17.0 Å². The first-order valence-corrected chi connectivity index (χ1v) is 13.7. The normalized spacial score (nSPS) is 13.9. The van der Waals surface area contributed by atoms with E-state index in [0.29, 0.717) is 19.6 Å². The van der Waals surface area contributed by atoms with Crippen molar-refractivity contribution < 1.29 is 27.0 Å². The number of hydrogen-bond acceptors (Lipinski definition) is 6. The van der Waals surface area contributed by atoms with E-state index < -0.39 is 10.1 Å². The lowest BCUT2D eigenvalue weighted by Gasteiger charge is -2.15. The van der Waals surface area contributed by atoms with Gasteiger partial charge in [0, 0.05) is 29.5 Å². The molecule has 2 aromatic heterocycles. The summed E-state index contributed by atoms with van der Waals surface area (Å²) in [6.07, 6.45) is 6.52. The van der Waals surface area contributed by atoms with Gasteiger partial charge in [0.2, 0.25) is 5.52 Å². The fraction of sp³-hybridized carbons (Fsp3) is 0.208. The predicted octanol–water partition coefficient (Wildman–Crippen LogP) is 5.18. The summed E-state index contributed by atoms with van der Waals surface area (Å²) in [5.74, 6) is 1.42. The maximum Gasteiger partial charge on any atom is 0.265 e. The second-order valence-corrected chi connectivity index (χ2v) is 11.3. The second kappa shape index (κ2) is 8.90. The summed E-state index contributed by atoms with van der Waals surface area (Å²) in [6.45, 7) is 0.960. The molecule has 5 rings (SSSR count). The smallest absolute Gasteiger partial charge is 0.265 e. The molecular formula is C24H22NO5S3+. The number of aryl methyl sites for hydroxylation is 1. The molecule has 1 N–H and O–H groups in total. The highest BCUT2D eigenvalue weighted by Gasteiger charge is 2.25. The molecule has 4 aromatic rings. The zero-order valence-electron chi connectivity index (χ0n) is 17.9. The molecule has 0 aliphatic carbocycles. The lowest BCUT2D eigenvalue weighted by atomic mass is 10.1. The first-order valence-electron chi connectivity index (χ1n) is 10.4. The number of ether oxygens (including phenoxy) is 2. The Kier molecular flexibility index (Phi) is 5.96. The van der Waals surface area contributed by atoms with Crippen LogP contribution >= 0.6 is 22.7 Å². The lowest BCUT2D eigenvalue weighted by molar-refractivity contribution is -0.667. The average Bonchev–Trinajstić information content (AvgIpc) is 3.41. The summed E-state index contributed by atoms with van der Waals surface area (Å²) in [5.41, 5.74) is 3.15. The zero-order chi connectivity index (χ0) is 23.0. The molecule has 3 heterocycles. The number of hydrogen-bond donors (Lipinski definition) is 1. The van der Waals surface area contributed by atoms with Crippen LogP contribution < -0.4 is 14.0 Å². The largest absolute Gasteiger partial charge is 0.496 e. The first kappa shape index (κ1) is 22.1. The van der Waals surface area contributed by atoms with Crippen molar-refractivity contribution in [3.63, 3.8) is 0 Å². The quantitative estimate of drug-likeness (QED) is 0.280. The van der Waals surface area contributed by atoms with Crippen LogP contribution in [0.3, 0.4) is 0 Å². The van der Waals surface area contributed by atoms with Crippen LogP contribution in [0.2, 0.25) is 0 Å². The summed E-state index contributed by atoms with van der Waals surface area (Å²) < 4.78 is 47.6. The molecule has 6 nitrogen and oxygen atoms in total. The molecule has 9 heteroatoms. The number of thiazole rings is 1. The molecule has 0 radical (unpaired) electrons. The number of para-hydroxylation sites is 1. The summed E-state index contributed by atoms with van der Waals surface area (Å²) in [5, 5.41) is 4.05. The predicted molar refractivity (Wildman–Crippen MR) is 134 cm³/mol. The van der Waals surface area contributed by atoms with E-state index in [9.17, 15) is 13.0 Å². The molecule has 0 saturated heterocycles. The molecule has 33 heavy (non-hydrogen) atoms. The number of benzene rings is 2. The van der Waals surface area contributed by atoms with Gasteiger partial charge in [0.05, 0.1) is 12.9 Å². The molecule has 0 atom stereocenters. The van der Waals surface area contributed by atoms with Gasteiger partial charge in [0.25, 0.3) is 15.1 Å². The Hall–Kier alpha value is -2.72. The SMILES string of the molecule is COc1cc2sc(/C=C/C3=Cc4ccccc4OC3)[n+](CCCS(=O)(=O)O)c2c2sccc12. The summed E-state index contributed by atoms with van der Waals surface area (Å²) >= 11 is 3.26. The lowest BCUT2D eigenvalue weighted by Crippen LogP contribution is -2.36. The number of thiophene rings is 1. The minimum Gasteiger partial charge on any atom is -0.496 e. The van der Waals surface area contributed by atoms with Gasteiger partial charge in [-0.25, -0.2) is 0 Å². The minimum absolute atomic E-state index is 0.278. The molecule has 170 valence electrons. The van der Waals surface area contributed by atoms with E-state index in [0.717, 1.165) is 47.9 Å². The van der Waals surface area contributed by atoms with Crippen molar-refractivity contribution in [3.05, 3.63) is 64.0 Å². The van der Waals surface area contributed by atoms with Gasteiger partial charge in [-0.3, -0.25) is 4.55 Å². The number of rotatable bonds is 7. The van der Waals surface area contributed by atoms with Crippen LogP contribution in [0.15, 0.2) is 53.4 Å². The minimum atomic E-state index is -4.01. The van der Waals surface area contributed by atoms with E-state index in [1.807, 2.05) is 53.9 Å². The monoisotopic (exact) mass is 500 g/mol. The summed E-state index contributed by atoms with van der Waals surface area (Å²) in [7, 11) is -2.35. The molecule has 2 aromatic carbocycles. The van der Waals surface area contributed by atoms with E-state index in [1.165, 1.54) is 0 Å². The molecule has 0 saturated carbocycles. The fourth-order valence-corrected chi connectivity index (χ4v) is 6.66. The Morgan fingerprint density at radius 1 is 1.24 bits per heavy atom. The van der Waals surface area contributed by atoms with Crippen molar-refractivity contribution in [1.82, 2.24) is 0 Å². The standard InChI is InChI=1S/C24H21NO5S3/c1-29-20-14-21-23(24-18(20)9-11-31-24)25(10-4-12-33(26,27)28)22(32-21)8-7-16-13-17-5-2-3-6-19(17)30-15-16/h2-3,5-9,11,13-14H,4,10,12,15H2,1H3/p+1/b8-7+. The summed E-state index contributed by atoms with van der Waals surface area (Å²) in [6, 6.07) is 12.0. The molecule has 0 bridgehead atoms. The number of fused-ring (bicyclic) bond motifs is 4. The number of aromatic nitrogens is 1. The Morgan fingerprint density at radius 3 is 2.91 bits per heavy atom. The fourth-order valence-electron chi connectivity index (χ4n) is 4.00. The Balaban J connectivity index is 1.58. The van der Waals surface area contributed by atoms with Crippen LogP contribution in [0, 0.1) is 0 Å². The second-order valence-electron chi connectivity index (χ2n) is 7.70. The van der Waals surface area contributed by atoms with Gasteiger partial charge in [0.1, 0.15) is 27.5 Å². The van der Waals surface area contributed by atoms with E-state index in [1.54, 1.807) is 29.8 Å². The maximum atomic E-state index is 11.3. The number of methoxy groups -OCH3 is 1. The van der Waals surface area contributed by atoms with Crippen LogP contribution in [0.4, 0.5) is 0 Å². The van der Waals surface area contributed by atoms with Gasteiger partial charge in [-0.15, -0.1) is 11.3 Å². The van der Waals surface area contributed by atoms with Crippen molar-refractivity contribution >= 4 is 65.2 Å². The van der Waals surface area contributed by atoms with E-state index in [-0.39, 0.29) is 5.75 Å². The van der Waals surface area contributed by atoms with Gasteiger partial charge >= 0.3 is 0 Å². The van der Waals surface area contributed by atoms with E-state index >= 15 is 0 Å². The van der Waals surface area contributed by atoms with Crippen molar-refractivity contribution in [2.24, 2.45) is 0 Å². The van der Waals surface area contributed by atoms with E-state index in [4.69, 9.17) is 9.47 Å². The maximum absolute atomic E-state index is 11.3. The third-order valence-electron chi connectivity index (χ3n) is 5.49. The molecule has 0 spiro atoms. The van der Waals surface area contributed by atoms with Gasteiger partial charge in [-0.05, 0) is 35.2 Å². The van der Waals surface area contributed by atoms with Gasteiger partial charge in [-0.1, -0.05) is 29.5 Å².